The summed E-state index contributed by atoms with van der Waals surface area (Å²) in [6.45, 7) is 1.71. The fourth-order valence-corrected chi connectivity index (χ4v) is 2.57. The zero-order chi connectivity index (χ0) is 14.9. The van der Waals surface area contributed by atoms with Crippen LogP contribution in [0.3, 0.4) is 0 Å². The van der Waals surface area contributed by atoms with Gasteiger partial charge in [0.15, 0.2) is 0 Å². The summed E-state index contributed by atoms with van der Waals surface area (Å²) in [6, 6.07) is 2.78. The number of rotatable bonds is 4. The first kappa shape index (κ1) is 15.1. The van der Waals surface area contributed by atoms with Crippen LogP contribution in [-0.2, 0) is 4.79 Å². The highest BCUT2D eigenvalue weighted by Crippen LogP contribution is 2.30. The number of carboxylic acid groups (broad SMARTS) is 1. The molecule has 106 valence electrons. The Bertz CT molecular complexity index is 682. The molecule has 1 heterocycles. The fraction of sp³-hybridized carbons (Fsp3) is 0.231. The molecule has 5 nitrogen and oxygen atoms in total. The van der Waals surface area contributed by atoms with Crippen LogP contribution in [0.2, 0.25) is 0 Å². The number of carbonyl (C=O) groups excluding carboxylic acids is 1. The zero-order valence-electron chi connectivity index (χ0n) is 10.5. The average molecular weight is 404 g/mol. The minimum Gasteiger partial charge on any atom is -0.480 e. The Morgan fingerprint density at radius 3 is 2.60 bits per heavy atom. The van der Waals surface area contributed by atoms with Crippen molar-refractivity contribution in [3.8, 4) is 0 Å². The Morgan fingerprint density at radius 2 is 2.00 bits per heavy atom. The number of benzene rings is 1. The molecule has 1 aromatic heterocycles. The van der Waals surface area contributed by atoms with Crippen molar-refractivity contribution in [3.05, 3.63) is 32.8 Å². The Balaban J connectivity index is 2.35. The van der Waals surface area contributed by atoms with Gasteiger partial charge >= 0.3 is 5.97 Å². The second kappa shape index (κ2) is 5.97. The average Bonchev–Trinajstić information content (AvgIpc) is 2.78. The van der Waals surface area contributed by atoms with Gasteiger partial charge in [0.2, 0.25) is 0 Å². The van der Waals surface area contributed by atoms with E-state index in [2.05, 4.69) is 42.2 Å². The van der Waals surface area contributed by atoms with E-state index in [1.165, 1.54) is 0 Å². The maximum Gasteiger partial charge on any atom is 0.326 e. The molecule has 1 aromatic carbocycles. The van der Waals surface area contributed by atoms with Gasteiger partial charge in [-0.15, -0.1) is 0 Å². The number of amides is 1. The molecular formula is C13H12Br2N2O3. The number of hydrogen-bond acceptors (Lipinski definition) is 2. The molecule has 3 N–H and O–H groups in total. The number of aromatic nitrogens is 1. The van der Waals surface area contributed by atoms with E-state index in [0.717, 1.165) is 19.8 Å². The molecule has 1 atom stereocenters. The standard InChI is InChI=1S/C13H12Br2N2O3/c1-2-10(13(19)20)17-12(18)7-5-16-11-4-9(15)8(14)3-6(7)11/h3-5,10,16H,2H2,1H3,(H,17,18)(H,19,20)/t10-/m1/s1. The van der Waals surface area contributed by atoms with Crippen molar-refractivity contribution in [1.29, 1.82) is 0 Å². The van der Waals surface area contributed by atoms with E-state index in [1.54, 1.807) is 13.1 Å². The van der Waals surface area contributed by atoms with Gasteiger partial charge in [0.25, 0.3) is 5.91 Å². The quantitative estimate of drug-likeness (QED) is 0.732. The van der Waals surface area contributed by atoms with E-state index in [-0.39, 0.29) is 0 Å². The van der Waals surface area contributed by atoms with Crippen molar-refractivity contribution in [2.24, 2.45) is 0 Å². The van der Waals surface area contributed by atoms with Gasteiger partial charge in [-0.25, -0.2) is 4.79 Å². The number of carbonyl (C=O) groups is 2. The molecule has 0 radical (unpaired) electrons. The summed E-state index contributed by atoms with van der Waals surface area (Å²) in [5.41, 5.74) is 1.22. The minimum atomic E-state index is -1.04. The monoisotopic (exact) mass is 402 g/mol. The van der Waals surface area contributed by atoms with E-state index < -0.39 is 17.9 Å². The number of aliphatic carboxylic acids is 1. The maximum absolute atomic E-state index is 12.2. The third-order valence-corrected chi connectivity index (χ3v) is 4.82. The van der Waals surface area contributed by atoms with Gasteiger partial charge in [0.05, 0.1) is 5.56 Å². The van der Waals surface area contributed by atoms with Crippen LogP contribution in [0.5, 0.6) is 0 Å². The van der Waals surface area contributed by atoms with Crippen LogP contribution in [-0.4, -0.2) is 28.0 Å². The van der Waals surface area contributed by atoms with Crippen LogP contribution in [0.15, 0.2) is 27.3 Å². The number of carboxylic acids is 1. The van der Waals surface area contributed by atoms with Gasteiger partial charge in [0, 0.05) is 26.0 Å². The van der Waals surface area contributed by atoms with Crippen LogP contribution in [0, 0.1) is 0 Å². The summed E-state index contributed by atoms with van der Waals surface area (Å²) in [6.07, 6.45) is 1.91. The van der Waals surface area contributed by atoms with Gasteiger partial charge in [-0.3, -0.25) is 4.79 Å². The fourth-order valence-electron chi connectivity index (χ4n) is 1.88. The third-order valence-electron chi connectivity index (χ3n) is 2.98. The molecule has 2 rings (SSSR count). The molecule has 2 aromatic rings. The Hall–Kier alpha value is -1.34. The van der Waals surface area contributed by atoms with Crippen LogP contribution in [0.1, 0.15) is 23.7 Å². The number of hydrogen-bond donors (Lipinski definition) is 3. The molecule has 0 aliphatic carbocycles. The van der Waals surface area contributed by atoms with Crippen molar-refractivity contribution in [3.63, 3.8) is 0 Å². The topological polar surface area (TPSA) is 82.2 Å². The van der Waals surface area contributed by atoms with Gasteiger partial charge < -0.3 is 15.4 Å². The maximum atomic E-state index is 12.2. The predicted molar refractivity (Wildman–Crippen MR) is 82.9 cm³/mol. The summed E-state index contributed by atoms with van der Waals surface area (Å²) in [4.78, 5) is 26.1. The molecule has 0 spiro atoms. The van der Waals surface area contributed by atoms with Crippen molar-refractivity contribution in [1.82, 2.24) is 10.3 Å². The molecule has 0 aliphatic heterocycles. The first-order valence-electron chi connectivity index (χ1n) is 5.93. The van der Waals surface area contributed by atoms with Gasteiger partial charge in [-0.05, 0) is 50.4 Å². The lowest BCUT2D eigenvalue weighted by atomic mass is 10.1. The molecule has 20 heavy (non-hydrogen) atoms. The van der Waals surface area contributed by atoms with Crippen LogP contribution in [0.25, 0.3) is 10.9 Å². The van der Waals surface area contributed by atoms with E-state index in [1.807, 2.05) is 12.1 Å². The third kappa shape index (κ3) is 2.88. The highest BCUT2D eigenvalue weighted by atomic mass is 79.9. The largest absolute Gasteiger partial charge is 0.480 e. The van der Waals surface area contributed by atoms with Crippen LogP contribution >= 0.6 is 31.9 Å². The van der Waals surface area contributed by atoms with Crippen molar-refractivity contribution in [2.75, 3.05) is 0 Å². The molecule has 0 saturated heterocycles. The summed E-state index contributed by atoms with van der Waals surface area (Å²) in [5.74, 6) is -1.44. The summed E-state index contributed by atoms with van der Waals surface area (Å²) in [5, 5.41) is 12.2. The highest BCUT2D eigenvalue weighted by molar-refractivity contribution is 9.13. The molecular weight excluding hydrogens is 392 g/mol. The number of H-pyrrole nitrogens is 1. The SMILES string of the molecule is CC[C@@H](NC(=O)c1c[nH]c2cc(Br)c(Br)cc12)C(=O)O. The van der Waals surface area contributed by atoms with E-state index >= 15 is 0 Å². The second-order valence-electron chi connectivity index (χ2n) is 4.29. The minimum absolute atomic E-state index is 0.332. The zero-order valence-corrected chi connectivity index (χ0v) is 13.7. The molecule has 0 aliphatic rings. The van der Waals surface area contributed by atoms with Crippen LogP contribution in [0.4, 0.5) is 0 Å². The first-order valence-corrected chi connectivity index (χ1v) is 7.52. The number of nitrogens with one attached hydrogen (secondary N) is 2. The number of fused-ring (bicyclic) bond motifs is 1. The Kier molecular flexibility index (Phi) is 4.49. The summed E-state index contributed by atoms with van der Waals surface area (Å²) >= 11 is 6.77. The molecule has 0 saturated carbocycles. The number of aromatic amines is 1. The van der Waals surface area contributed by atoms with Crippen molar-refractivity contribution in [2.45, 2.75) is 19.4 Å². The van der Waals surface area contributed by atoms with Gasteiger partial charge in [-0.1, -0.05) is 6.92 Å². The smallest absolute Gasteiger partial charge is 0.326 e. The summed E-state index contributed by atoms with van der Waals surface area (Å²) in [7, 11) is 0. The molecule has 0 bridgehead atoms. The molecule has 0 unspecified atom stereocenters. The molecule has 1 amide bonds. The van der Waals surface area contributed by atoms with E-state index in [9.17, 15) is 9.59 Å². The van der Waals surface area contributed by atoms with Crippen molar-refractivity contribution < 1.29 is 14.7 Å². The van der Waals surface area contributed by atoms with Crippen LogP contribution < -0.4 is 5.32 Å². The lowest BCUT2D eigenvalue weighted by Gasteiger charge is -2.11. The first-order chi connectivity index (χ1) is 9.43. The van der Waals surface area contributed by atoms with Gasteiger partial charge in [0.1, 0.15) is 6.04 Å². The van der Waals surface area contributed by atoms with E-state index in [0.29, 0.717) is 12.0 Å². The van der Waals surface area contributed by atoms with Crippen molar-refractivity contribution >= 4 is 54.6 Å². The Labute approximate surface area is 132 Å². The molecule has 7 heteroatoms. The normalized spacial score (nSPS) is 12.3. The molecule has 0 fully saturated rings. The number of halogens is 2. The lowest BCUT2D eigenvalue weighted by Crippen LogP contribution is -2.40. The highest BCUT2D eigenvalue weighted by Gasteiger charge is 2.20. The second-order valence-corrected chi connectivity index (χ2v) is 6.00. The predicted octanol–water partition coefficient (Wildman–Crippen LogP) is 3.29. The summed E-state index contributed by atoms with van der Waals surface area (Å²) < 4.78 is 1.69. The van der Waals surface area contributed by atoms with Gasteiger partial charge in [-0.2, -0.15) is 0 Å². The lowest BCUT2D eigenvalue weighted by molar-refractivity contribution is -0.139. The Morgan fingerprint density at radius 1 is 1.35 bits per heavy atom. The van der Waals surface area contributed by atoms with E-state index in [4.69, 9.17) is 5.11 Å².